The van der Waals surface area contributed by atoms with Crippen molar-refractivity contribution in [3.05, 3.63) is 0 Å². The van der Waals surface area contributed by atoms with Crippen LogP contribution in [0.15, 0.2) is 4.99 Å². The molecule has 0 aromatic carbocycles. The highest BCUT2D eigenvalue weighted by atomic mass is 32.2. The lowest BCUT2D eigenvalue weighted by Crippen LogP contribution is -2.42. The van der Waals surface area contributed by atoms with E-state index in [-0.39, 0.29) is 4.75 Å². The molecular weight excluding hydrogens is 322 g/mol. The van der Waals surface area contributed by atoms with Gasteiger partial charge in [-0.1, -0.05) is 0 Å². The first-order chi connectivity index (χ1) is 11.7. The molecule has 140 valence electrons. The number of rotatable bonds is 7. The van der Waals surface area contributed by atoms with Crippen molar-refractivity contribution in [2.75, 3.05) is 59.4 Å². The number of guanidine groups is 1. The Morgan fingerprint density at radius 2 is 1.88 bits per heavy atom. The third kappa shape index (κ3) is 6.12. The SMILES string of the molecule is CCNC(=NCC1(SC)CCOCC1)N(C)CCC1CCOCC1. The van der Waals surface area contributed by atoms with Crippen LogP contribution in [0.5, 0.6) is 0 Å². The maximum absolute atomic E-state index is 5.54. The Kier molecular flexibility index (Phi) is 8.70. The molecule has 2 rings (SSSR count). The number of ether oxygens (including phenoxy) is 2. The summed E-state index contributed by atoms with van der Waals surface area (Å²) in [5.74, 6) is 1.85. The fourth-order valence-electron chi connectivity index (χ4n) is 3.38. The number of nitrogens with zero attached hydrogens (tertiary/aromatic N) is 2. The molecule has 24 heavy (non-hydrogen) atoms. The van der Waals surface area contributed by atoms with Gasteiger partial charge in [-0.25, -0.2) is 0 Å². The van der Waals surface area contributed by atoms with Crippen molar-refractivity contribution in [3.63, 3.8) is 0 Å². The second-order valence-electron chi connectivity index (χ2n) is 6.94. The highest BCUT2D eigenvalue weighted by molar-refractivity contribution is 8.00. The van der Waals surface area contributed by atoms with Crippen LogP contribution in [0.4, 0.5) is 0 Å². The van der Waals surface area contributed by atoms with E-state index in [0.717, 1.165) is 70.8 Å². The quantitative estimate of drug-likeness (QED) is 0.560. The second-order valence-corrected chi connectivity index (χ2v) is 8.21. The molecule has 2 saturated heterocycles. The lowest BCUT2D eigenvalue weighted by atomic mass is 9.96. The van der Waals surface area contributed by atoms with Gasteiger partial charge in [-0.3, -0.25) is 4.99 Å². The van der Waals surface area contributed by atoms with Crippen LogP contribution in [0, 0.1) is 5.92 Å². The molecule has 0 saturated carbocycles. The van der Waals surface area contributed by atoms with Crippen LogP contribution in [-0.2, 0) is 9.47 Å². The molecule has 6 heteroatoms. The van der Waals surface area contributed by atoms with E-state index in [1.54, 1.807) is 0 Å². The number of nitrogens with one attached hydrogen (secondary N) is 1. The summed E-state index contributed by atoms with van der Waals surface area (Å²) in [6, 6.07) is 0. The predicted octanol–water partition coefficient (Wildman–Crippen LogP) is 2.61. The summed E-state index contributed by atoms with van der Waals surface area (Å²) in [6.45, 7) is 8.59. The fourth-order valence-corrected chi connectivity index (χ4v) is 4.14. The zero-order chi connectivity index (χ0) is 17.3. The topological polar surface area (TPSA) is 46.1 Å². The van der Waals surface area contributed by atoms with Crippen LogP contribution in [0.3, 0.4) is 0 Å². The third-order valence-electron chi connectivity index (χ3n) is 5.26. The smallest absolute Gasteiger partial charge is 0.193 e. The van der Waals surface area contributed by atoms with E-state index in [4.69, 9.17) is 14.5 Å². The van der Waals surface area contributed by atoms with Crippen LogP contribution in [0.25, 0.3) is 0 Å². The molecule has 1 N–H and O–H groups in total. The van der Waals surface area contributed by atoms with Gasteiger partial charge in [0.15, 0.2) is 5.96 Å². The Morgan fingerprint density at radius 1 is 1.21 bits per heavy atom. The van der Waals surface area contributed by atoms with Gasteiger partial charge >= 0.3 is 0 Å². The number of thioether (sulfide) groups is 1. The zero-order valence-corrected chi connectivity index (χ0v) is 16.5. The van der Waals surface area contributed by atoms with E-state index < -0.39 is 0 Å². The predicted molar refractivity (Wildman–Crippen MR) is 103 cm³/mol. The first kappa shape index (κ1) is 19.9. The van der Waals surface area contributed by atoms with E-state index in [1.807, 2.05) is 11.8 Å². The normalized spacial score (nSPS) is 22.4. The van der Waals surface area contributed by atoms with Gasteiger partial charge in [-0.05, 0) is 51.2 Å². The molecule has 0 radical (unpaired) electrons. The van der Waals surface area contributed by atoms with Gasteiger partial charge in [0.25, 0.3) is 0 Å². The van der Waals surface area contributed by atoms with E-state index >= 15 is 0 Å². The minimum atomic E-state index is 0.250. The van der Waals surface area contributed by atoms with Crippen LogP contribution >= 0.6 is 11.8 Å². The van der Waals surface area contributed by atoms with Gasteiger partial charge in [0.2, 0.25) is 0 Å². The number of hydrogen-bond acceptors (Lipinski definition) is 4. The molecule has 0 atom stereocenters. The number of aliphatic imine (C=N–C) groups is 1. The van der Waals surface area contributed by atoms with Crippen LogP contribution < -0.4 is 5.32 Å². The molecule has 2 aliphatic rings. The highest BCUT2D eigenvalue weighted by Gasteiger charge is 2.31. The summed E-state index contributed by atoms with van der Waals surface area (Å²) in [5.41, 5.74) is 0. The molecular formula is C18H35N3O2S. The largest absolute Gasteiger partial charge is 0.381 e. The van der Waals surface area contributed by atoms with E-state index in [9.17, 15) is 0 Å². The Hall–Kier alpha value is -0.460. The minimum absolute atomic E-state index is 0.250. The zero-order valence-electron chi connectivity index (χ0n) is 15.7. The lowest BCUT2D eigenvalue weighted by Gasteiger charge is -2.35. The van der Waals surface area contributed by atoms with Crippen LogP contribution in [0.1, 0.15) is 39.0 Å². The van der Waals surface area contributed by atoms with E-state index in [1.165, 1.54) is 19.3 Å². The molecule has 2 aliphatic heterocycles. The van der Waals surface area contributed by atoms with Crippen molar-refractivity contribution >= 4 is 17.7 Å². The fraction of sp³-hybridized carbons (Fsp3) is 0.944. The first-order valence-corrected chi connectivity index (χ1v) is 10.6. The highest BCUT2D eigenvalue weighted by Crippen LogP contribution is 2.34. The Bertz CT molecular complexity index is 380. The van der Waals surface area contributed by atoms with Crippen LogP contribution in [-0.4, -0.2) is 75.0 Å². The molecule has 0 amide bonds. The van der Waals surface area contributed by atoms with Crippen molar-refractivity contribution in [2.24, 2.45) is 10.9 Å². The van der Waals surface area contributed by atoms with Gasteiger partial charge in [0, 0.05) is 51.3 Å². The van der Waals surface area contributed by atoms with E-state index in [2.05, 4.69) is 30.4 Å². The molecule has 0 unspecified atom stereocenters. The van der Waals surface area contributed by atoms with Crippen molar-refractivity contribution in [2.45, 2.75) is 43.8 Å². The summed E-state index contributed by atoms with van der Waals surface area (Å²) in [7, 11) is 2.16. The minimum Gasteiger partial charge on any atom is -0.381 e. The Labute approximate surface area is 151 Å². The first-order valence-electron chi connectivity index (χ1n) is 9.39. The second kappa shape index (κ2) is 10.5. The lowest BCUT2D eigenvalue weighted by molar-refractivity contribution is 0.0625. The standard InChI is InChI=1S/C18H35N3O2S/c1-4-19-17(20-15-18(24-3)8-13-23-14-9-18)21(2)10-5-16-6-11-22-12-7-16/h16H,4-15H2,1-3H3,(H,19,20). The molecule has 2 fully saturated rings. The Morgan fingerprint density at radius 3 is 2.50 bits per heavy atom. The summed E-state index contributed by atoms with van der Waals surface area (Å²) in [6.07, 6.45) is 8.05. The molecule has 0 aromatic heterocycles. The monoisotopic (exact) mass is 357 g/mol. The van der Waals surface area contributed by atoms with Crippen molar-refractivity contribution in [1.82, 2.24) is 10.2 Å². The third-order valence-corrected chi connectivity index (χ3v) is 6.67. The van der Waals surface area contributed by atoms with Gasteiger partial charge < -0.3 is 19.7 Å². The summed E-state index contributed by atoms with van der Waals surface area (Å²) < 4.78 is 11.2. The van der Waals surface area contributed by atoms with Gasteiger partial charge in [0.05, 0.1) is 6.54 Å². The molecule has 0 aromatic rings. The van der Waals surface area contributed by atoms with Gasteiger partial charge in [0.1, 0.15) is 0 Å². The average Bonchev–Trinajstić information content (AvgIpc) is 2.64. The summed E-state index contributed by atoms with van der Waals surface area (Å²) >= 11 is 1.95. The van der Waals surface area contributed by atoms with Gasteiger partial charge in [-0.2, -0.15) is 11.8 Å². The summed E-state index contributed by atoms with van der Waals surface area (Å²) in [5, 5.41) is 3.46. The maximum atomic E-state index is 5.54. The van der Waals surface area contributed by atoms with Crippen molar-refractivity contribution < 1.29 is 9.47 Å². The average molecular weight is 358 g/mol. The van der Waals surface area contributed by atoms with Crippen molar-refractivity contribution in [3.8, 4) is 0 Å². The number of hydrogen-bond donors (Lipinski definition) is 1. The van der Waals surface area contributed by atoms with Crippen LogP contribution in [0.2, 0.25) is 0 Å². The summed E-state index contributed by atoms with van der Waals surface area (Å²) in [4.78, 5) is 7.27. The van der Waals surface area contributed by atoms with Crippen molar-refractivity contribution in [1.29, 1.82) is 0 Å². The molecule has 0 bridgehead atoms. The molecule has 5 nitrogen and oxygen atoms in total. The maximum Gasteiger partial charge on any atom is 0.193 e. The molecule has 0 spiro atoms. The molecule has 2 heterocycles. The molecule has 0 aliphatic carbocycles. The Balaban J connectivity index is 1.88. The van der Waals surface area contributed by atoms with E-state index in [0.29, 0.717) is 0 Å². The van der Waals surface area contributed by atoms with Gasteiger partial charge in [-0.15, -0.1) is 0 Å².